The molecular formula is C28H34F3NO2. The van der Waals surface area contributed by atoms with Gasteiger partial charge in [0.1, 0.15) is 11.5 Å². The van der Waals surface area contributed by atoms with Crippen molar-refractivity contribution in [3.63, 3.8) is 0 Å². The van der Waals surface area contributed by atoms with Gasteiger partial charge in [0.25, 0.3) is 0 Å². The molecule has 1 aromatic carbocycles. The van der Waals surface area contributed by atoms with E-state index >= 15 is 0 Å². The number of aromatic nitrogens is 1. The van der Waals surface area contributed by atoms with Crippen LogP contribution in [-0.4, -0.2) is 17.2 Å². The van der Waals surface area contributed by atoms with E-state index < -0.39 is 12.2 Å². The van der Waals surface area contributed by atoms with Crippen molar-refractivity contribution in [2.75, 3.05) is 0 Å². The molecule has 4 rings (SSSR count). The molecule has 0 unspecified atom stereocenters. The summed E-state index contributed by atoms with van der Waals surface area (Å²) >= 11 is 0. The average Bonchev–Trinajstić information content (AvgIpc) is 2.84. The predicted molar refractivity (Wildman–Crippen MR) is 126 cm³/mol. The highest BCUT2D eigenvalue weighted by atomic mass is 19.3. The summed E-state index contributed by atoms with van der Waals surface area (Å²) < 4.78 is 53.1. The van der Waals surface area contributed by atoms with E-state index in [4.69, 9.17) is 9.47 Å². The van der Waals surface area contributed by atoms with Gasteiger partial charge in [-0.05, 0) is 99.5 Å². The fourth-order valence-electron chi connectivity index (χ4n) is 4.87. The van der Waals surface area contributed by atoms with Gasteiger partial charge >= 0.3 is 6.11 Å². The monoisotopic (exact) mass is 473 g/mol. The molecule has 1 heterocycles. The molecule has 2 fully saturated rings. The van der Waals surface area contributed by atoms with E-state index in [2.05, 4.69) is 17.1 Å². The SMILES string of the molecule is Cc1ccc(C(F)(F)OC2CCC(/C=C/C3CCC(OCc4ccc(F)cc4)CC3)CC2)nc1. The molecule has 1 aromatic heterocycles. The van der Waals surface area contributed by atoms with E-state index in [1.807, 2.05) is 6.92 Å². The predicted octanol–water partition coefficient (Wildman–Crippen LogP) is 7.49. The third-order valence-electron chi connectivity index (χ3n) is 7.02. The summed E-state index contributed by atoms with van der Waals surface area (Å²) in [5.74, 6) is 0.754. The van der Waals surface area contributed by atoms with Crippen molar-refractivity contribution in [3.05, 3.63) is 77.4 Å². The fraction of sp³-hybridized carbons (Fsp3) is 0.536. The standard InChI is InChI=1S/C28H34F3NO2/c1-20-2-17-27(32-18-20)28(30,31)34-26-15-9-22(10-16-26)4-3-21-7-13-25(14-8-21)33-19-23-5-11-24(29)12-6-23/h2-6,11-12,17-18,21-22,25-26H,7-10,13-16,19H2,1H3/b4-3+. The molecule has 0 N–H and O–H groups in total. The first-order valence-electron chi connectivity index (χ1n) is 12.4. The quantitative estimate of drug-likeness (QED) is 0.372. The molecule has 184 valence electrons. The van der Waals surface area contributed by atoms with Crippen molar-refractivity contribution in [1.82, 2.24) is 4.98 Å². The molecule has 2 aromatic rings. The zero-order chi connectivity index (χ0) is 24.0. The minimum atomic E-state index is -3.35. The molecule has 2 saturated carbocycles. The van der Waals surface area contributed by atoms with Gasteiger partial charge in [-0.2, -0.15) is 8.78 Å². The summed E-state index contributed by atoms with van der Waals surface area (Å²) in [6.07, 6.45) is 9.80. The summed E-state index contributed by atoms with van der Waals surface area (Å²) in [7, 11) is 0. The maximum Gasteiger partial charge on any atom is 0.400 e. The van der Waals surface area contributed by atoms with E-state index in [9.17, 15) is 13.2 Å². The van der Waals surface area contributed by atoms with Crippen molar-refractivity contribution in [1.29, 1.82) is 0 Å². The van der Waals surface area contributed by atoms with Crippen LogP contribution in [0.5, 0.6) is 0 Å². The molecule has 0 radical (unpaired) electrons. The molecule has 3 nitrogen and oxygen atoms in total. The van der Waals surface area contributed by atoms with Gasteiger partial charge in [0.05, 0.1) is 18.8 Å². The number of rotatable bonds is 8. The summed E-state index contributed by atoms with van der Waals surface area (Å²) in [6, 6.07) is 9.44. The van der Waals surface area contributed by atoms with Crippen molar-refractivity contribution in [3.8, 4) is 0 Å². The summed E-state index contributed by atoms with van der Waals surface area (Å²) in [5, 5.41) is 0. The highest BCUT2D eigenvalue weighted by Gasteiger charge is 2.38. The second-order valence-electron chi connectivity index (χ2n) is 9.75. The highest BCUT2D eigenvalue weighted by molar-refractivity contribution is 5.15. The maximum atomic E-state index is 14.4. The number of aryl methyl sites for hydroxylation is 1. The molecule has 2 aliphatic carbocycles. The topological polar surface area (TPSA) is 31.4 Å². The molecule has 0 amide bonds. The van der Waals surface area contributed by atoms with Crippen LogP contribution in [0.2, 0.25) is 0 Å². The number of benzene rings is 1. The van der Waals surface area contributed by atoms with Crippen molar-refractivity contribution in [2.45, 2.75) is 83.2 Å². The smallest absolute Gasteiger partial charge is 0.374 e. The number of nitrogens with zero attached hydrogens (tertiary/aromatic N) is 1. The fourth-order valence-corrected chi connectivity index (χ4v) is 4.87. The largest absolute Gasteiger partial charge is 0.400 e. The molecule has 0 spiro atoms. The third-order valence-corrected chi connectivity index (χ3v) is 7.02. The van der Waals surface area contributed by atoms with Crippen LogP contribution in [0.3, 0.4) is 0 Å². The highest BCUT2D eigenvalue weighted by Crippen LogP contribution is 2.36. The number of pyridine rings is 1. The first-order valence-corrected chi connectivity index (χ1v) is 12.4. The first kappa shape index (κ1) is 24.9. The van der Waals surface area contributed by atoms with Gasteiger partial charge in [-0.15, -0.1) is 0 Å². The number of alkyl halides is 2. The Bertz CT molecular complexity index is 914. The lowest BCUT2D eigenvalue weighted by molar-refractivity contribution is -0.279. The van der Waals surface area contributed by atoms with E-state index in [-0.39, 0.29) is 17.6 Å². The van der Waals surface area contributed by atoms with Crippen LogP contribution >= 0.6 is 0 Å². The number of allylic oxidation sites excluding steroid dienone is 2. The lowest BCUT2D eigenvalue weighted by Crippen LogP contribution is -2.30. The van der Waals surface area contributed by atoms with Gasteiger partial charge in [-0.3, -0.25) is 4.98 Å². The van der Waals surface area contributed by atoms with Crippen molar-refractivity contribution in [2.24, 2.45) is 11.8 Å². The summed E-state index contributed by atoms with van der Waals surface area (Å²) in [4.78, 5) is 3.84. The Hall–Kier alpha value is -2.18. The number of ether oxygens (including phenoxy) is 2. The molecule has 34 heavy (non-hydrogen) atoms. The number of hydrogen-bond donors (Lipinski definition) is 0. The molecule has 0 saturated heterocycles. The van der Waals surface area contributed by atoms with Crippen molar-refractivity contribution < 1.29 is 22.6 Å². The Morgan fingerprint density at radius 1 is 0.853 bits per heavy atom. The van der Waals surface area contributed by atoms with Gasteiger partial charge in [0, 0.05) is 6.20 Å². The molecule has 0 bridgehead atoms. The van der Waals surface area contributed by atoms with Crippen molar-refractivity contribution >= 4 is 0 Å². The summed E-state index contributed by atoms with van der Waals surface area (Å²) in [5.41, 5.74) is 1.52. The van der Waals surface area contributed by atoms with E-state index in [0.717, 1.165) is 49.7 Å². The van der Waals surface area contributed by atoms with Crippen LogP contribution < -0.4 is 0 Å². The van der Waals surface area contributed by atoms with Gasteiger partial charge in [0.2, 0.25) is 0 Å². The molecule has 0 atom stereocenters. The van der Waals surface area contributed by atoms with Crippen LogP contribution in [0, 0.1) is 24.6 Å². The van der Waals surface area contributed by atoms with Crippen LogP contribution in [0.15, 0.2) is 54.7 Å². The molecular weight excluding hydrogens is 439 g/mol. The van der Waals surface area contributed by atoms with Crippen LogP contribution in [-0.2, 0) is 22.2 Å². The van der Waals surface area contributed by atoms with Crippen LogP contribution in [0.25, 0.3) is 0 Å². The lowest BCUT2D eigenvalue weighted by atomic mass is 9.83. The summed E-state index contributed by atoms with van der Waals surface area (Å²) in [6.45, 7) is 2.34. The second kappa shape index (κ2) is 11.5. The zero-order valence-corrected chi connectivity index (χ0v) is 19.8. The Balaban J connectivity index is 1.15. The van der Waals surface area contributed by atoms with E-state index in [1.54, 1.807) is 18.2 Å². The minimum Gasteiger partial charge on any atom is -0.374 e. The molecule has 6 heteroatoms. The normalized spacial score (nSPS) is 26.1. The molecule has 0 aliphatic heterocycles. The number of hydrogen-bond acceptors (Lipinski definition) is 3. The van der Waals surface area contributed by atoms with Crippen LogP contribution in [0.4, 0.5) is 13.2 Å². The molecule has 2 aliphatic rings. The number of halogens is 3. The minimum absolute atomic E-state index is 0.227. The Kier molecular flexibility index (Phi) is 8.43. The Morgan fingerprint density at radius 3 is 2.00 bits per heavy atom. The lowest BCUT2D eigenvalue weighted by Gasteiger charge is -2.30. The third kappa shape index (κ3) is 7.16. The zero-order valence-electron chi connectivity index (χ0n) is 19.8. The van der Waals surface area contributed by atoms with Gasteiger partial charge < -0.3 is 9.47 Å². The van der Waals surface area contributed by atoms with E-state index in [0.29, 0.717) is 31.3 Å². The van der Waals surface area contributed by atoms with Gasteiger partial charge in [-0.1, -0.05) is 30.4 Å². The van der Waals surface area contributed by atoms with Gasteiger partial charge in [0.15, 0.2) is 0 Å². The Morgan fingerprint density at radius 2 is 1.44 bits per heavy atom. The van der Waals surface area contributed by atoms with E-state index in [1.165, 1.54) is 24.4 Å². The van der Waals surface area contributed by atoms with Gasteiger partial charge in [-0.25, -0.2) is 4.39 Å². The Labute approximate surface area is 200 Å². The van der Waals surface area contributed by atoms with Crippen LogP contribution in [0.1, 0.15) is 68.2 Å². The second-order valence-corrected chi connectivity index (χ2v) is 9.75. The maximum absolute atomic E-state index is 14.4. The average molecular weight is 474 g/mol. The first-order chi connectivity index (χ1) is 16.4.